The van der Waals surface area contributed by atoms with Gasteiger partial charge in [-0.3, -0.25) is 0 Å². The van der Waals surface area contributed by atoms with Crippen LogP contribution in [0.15, 0.2) is 42.5 Å². The van der Waals surface area contributed by atoms with E-state index in [-0.39, 0.29) is 5.75 Å². The van der Waals surface area contributed by atoms with Crippen molar-refractivity contribution < 1.29 is 22.3 Å². The summed E-state index contributed by atoms with van der Waals surface area (Å²) >= 11 is 0. The minimum atomic E-state index is -4.37. The maximum Gasteiger partial charge on any atom is 0.416 e. The van der Waals surface area contributed by atoms with E-state index in [9.17, 15) is 17.6 Å². The number of ether oxygens (including phenoxy) is 1. The summed E-state index contributed by atoms with van der Waals surface area (Å²) in [5.41, 5.74) is 0.379. The minimum absolute atomic E-state index is 0.0913. The van der Waals surface area contributed by atoms with Gasteiger partial charge in [0.25, 0.3) is 0 Å². The van der Waals surface area contributed by atoms with Gasteiger partial charge in [0.2, 0.25) is 0 Å². The van der Waals surface area contributed by atoms with Gasteiger partial charge in [-0.2, -0.15) is 13.2 Å². The SMILES string of the molecule is Fc1cccc2c1O[C@H](c1ccc(C(F)(F)F)cc1)CN2. The van der Waals surface area contributed by atoms with Gasteiger partial charge in [-0.15, -0.1) is 0 Å². The third-order valence-corrected chi connectivity index (χ3v) is 3.31. The van der Waals surface area contributed by atoms with Crippen LogP contribution in [0.2, 0.25) is 0 Å². The van der Waals surface area contributed by atoms with E-state index in [4.69, 9.17) is 4.74 Å². The molecule has 0 bridgehead atoms. The van der Waals surface area contributed by atoms with Gasteiger partial charge in [-0.1, -0.05) is 18.2 Å². The second-order valence-corrected chi connectivity index (χ2v) is 4.72. The second kappa shape index (κ2) is 4.95. The molecule has 0 radical (unpaired) electrons. The Kier molecular flexibility index (Phi) is 3.23. The molecule has 1 aliphatic rings. The molecular weight excluding hydrogens is 286 g/mol. The molecule has 0 saturated heterocycles. The van der Waals surface area contributed by atoms with Gasteiger partial charge in [0, 0.05) is 0 Å². The van der Waals surface area contributed by atoms with E-state index in [0.717, 1.165) is 12.1 Å². The highest BCUT2D eigenvalue weighted by Gasteiger charge is 2.31. The molecule has 0 spiro atoms. The number of rotatable bonds is 1. The number of fused-ring (bicyclic) bond motifs is 1. The average Bonchev–Trinajstić information content (AvgIpc) is 2.47. The van der Waals surface area contributed by atoms with Crippen LogP contribution in [-0.4, -0.2) is 6.54 Å². The number of hydrogen-bond acceptors (Lipinski definition) is 2. The summed E-state index contributed by atoms with van der Waals surface area (Å²) in [5, 5.41) is 3.01. The number of nitrogens with one attached hydrogen (secondary N) is 1. The normalized spacial score (nSPS) is 17.6. The number of benzene rings is 2. The number of hydrogen-bond donors (Lipinski definition) is 1. The predicted octanol–water partition coefficient (Wildman–Crippen LogP) is 4.39. The van der Waals surface area contributed by atoms with Crippen molar-refractivity contribution in [2.75, 3.05) is 11.9 Å². The first-order chi connectivity index (χ1) is 9.95. The first-order valence-corrected chi connectivity index (χ1v) is 6.31. The van der Waals surface area contributed by atoms with Gasteiger partial charge in [0.15, 0.2) is 11.6 Å². The Hall–Kier alpha value is -2.24. The maximum atomic E-state index is 13.7. The third-order valence-electron chi connectivity index (χ3n) is 3.31. The standard InChI is InChI=1S/C15H11F4NO/c16-11-2-1-3-12-14(11)21-13(8-20-12)9-4-6-10(7-5-9)15(17,18)19/h1-7,13,20H,8H2/t13-/m0/s1. The van der Waals surface area contributed by atoms with E-state index < -0.39 is 23.7 Å². The Morgan fingerprint density at radius 3 is 2.43 bits per heavy atom. The Labute approximate surface area is 118 Å². The van der Waals surface area contributed by atoms with Gasteiger partial charge < -0.3 is 10.1 Å². The summed E-state index contributed by atoms with van der Waals surface area (Å²) in [6.45, 7) is 0.363. The Morgan fingerprint density at radius 1 is 1.05 bits per heavy atom. The minimum Gasteiger partial charge on any atom is -0.479 e. The molecule has 1 heterocycles. The van der Waals surface area contributed by atoms with Gasteiger partial charge in [0.1, 0.15) is 6.10 Å². The fourth-order valence-corrected chi connectivity index (χ4v) is 2.23. The van der Waals surface area contributed by atoms with Crippen LogP contribution in [0.3, 0.4) is 0 Å². The van der Waals surface area contributed by atoms with Crippen molar-refractivity contribution in [1.82, 2.24) is 0 Å². The summed E-state index contributed by atoms with van der Waals surface area (Å²) in [4.78, 5) is 0. The number of anilines is 1. The highest BCUT2D eigenvalue weighted by atomic mass is 19.4. The molecule has 2 nitrogen and oxygen atoms in total. The summed E-state index contributed by atoms with van der Waals surface area (Å²) in [5.74, 6) is -0.412. The van der Waals surface area contributed by atoms with Crippen molar-refractivity contribution in [3.8, 4) is 5.75 Å². The summed E-state index contributed by atoms with van der Waals surface area (Å²) in [7, 11) is 0. The van der Waals surface area contributed by atoms with E-state index in [1.807, 2.05) is 0 Å². The summed E-state index contributed by atoms with van der Waals surface area (Å²) in [6, 6.07) is 9.20. The van der Waals surface area contributed by atoms with Crippen LogP contribution in [0.5, 0.6) is 5.75 Å². The molecule has 2 aromatic carbocycles. The monoisotopic (exact) mass is 297 g/mol. The van der Waals surface area contributed by atoms with Crippen molar-refractivity contribution in [1.29, 1.82) is 0 Å². The van der Waals surface area contributed by atoms with Crippen LogP contribution in [0.25, 0.3) is 0 Å². The lowest BCUT2D eigenvalue weighted by atomic mass is 10.0. The fourth-order valence-electron chi connectivity index (χ4n) is 2.23. The molecule has 0 saturated carbocycles. The smallest absolute Gasteiger partial charge is 0.416 e. The topological polar surface area (TPSA) is 21.3 Å². The van der Waals surface area contributed by atoms with Crippen molar-refractivity contribution in [3.63, 3.8) is 0 Å². The molecular formula is C15H11F4NO. The first-order valence-electron chi connectivity index (χ1n) is 6.31. The molecule has 6 heteroatoms. The predicted molar refractivity (Wildman–Crippen MR) is 69.7 cm³/mol. The Bertz CT molecular complexity index is 652. The lowest BCUT2D eigenvalue weighted by Crippen LogP contribution is -2.24. The molecule has 21 heavy (non-hydrogen) atoms. The molecule has 0 unspecified atom stereocenters. The quantitative estimate of drug-likeness (QED) is 0.788. The zero-order chi connectivity index (χ0) is 15.0. The van der Waals surface area contributed by atoms with Crippen molar-refractivity contribution in [2.45, 2.75) is 12.3 Å². The molecule has 0 amide bonds. The van der Waals surface area contributed by atoms with E-state index in [1.165, 1.54) is 18.2 Å². The zero-order valence-electron chi connectivity index (χ0n) is 10.7. The fraction of sp³-hybridized carbons (Fsp3) is 0.200. The van der Waals surface area contributed by atoms with Crippen molar-refractivity contribution in [2.24, 2.45) is 0 Å². The van der Waals surface area contributed by atoms with E-state index in [0.29, 0.717) is 17.8 Å². The average molecular weight is 297 g/mol. The van der Waals surface area contributed by atoms with Crippen LogP contribution in [0.4, 0.5) is 23.2 Å². The van der Waals surface area contributed by atoms with Gasteiger partial charge >= 0.3 is 6.18 Å². The van der Waals surface area contributed by atoms with Crippen LogP contribution in [0.1, 0.15) is 17.2 Å². The van der Waals surface area contributed by atoms with Crippen molar-refractivity contribution in [3.05, 3.63) is 59.4 Å². The molecule has 0 aromatic heterocycles. The lowest BCUT2D eigenvalue weighted by Gasteiger charge is -2.28. The zero-order valence-corrected chi connectivity index (χ0v) is 10.7. The maximum absolute atomic E-state index is 13.7. The van der Waals surface area contributed by atoms with Gasteiger partial charge in [-0.25, -0.2) is 4.39 Å². The highest BCUT2D eigenvalue weighted by molar-refractivity contribution is 5.58. The number of para-hydroxylation sites is 1. The molecule has 1 N–H and O–H groups in total. The lowest BCUT2D eigenvalue weighted by molar-refractivity contribution is -0.137. The van der Waals surface area contributed by atoms with E-state index >= 15 is 0 Å². The summed E-state index contributed by atoms with van der Waals surface area (Å²) < 4.78 is 56.8. The van der Waals surface area contributed by atoms with Crippen LogP contribution in [0, 0.1) is 5.82 Å². The Morgan fingerprint density at radius 2 is 1.76 bits per heavy atom. The third kappa shape index (κ3) is 2.66. The number of halogens is 4. The summed E-state index contributed by atoms with van der Waals surface area (Å²) in [6.07, 6.45) is -4.90. The molecule has 110 valence electrons. The van der Waals surface area contributed by atoms with Gasteiger partial charge in [-0.05, 0) is 29.8 Å². The molecule has 0 aliphatic carbocycles. The largest absolute Gasteiger partial charge is 0.479 e. The molecule has 1 aliphatic heterocycles. The first kappa shape index (κ1) is 13.7. The Balaban J connectivity index is 1.85. The molecule has 2 aromatic rings. The molecule has 3 rings (SSSR count). The van der Waals surface area contributed by atoms with Gasteiger partial charge in [0.05, 0.1) is 17.8 Å². The van der Waals surface area contributed by atoms with Crippen LogP contribution in [-0.2, 0) is 6.18 Å². The van der Waals surface area contributed by atoms with E-state index in [1.54, 1.807) is 12.1 Å². The van der Waals surface area contributed by atoms with E-state index in [2.05, 4.69) is 5.32 Å². The van der Waals surface area contributed by atoms with Crippen LogP contribution >= 0.6 is 0 Å². The van der Waals surface area contributed by atoms with Crippen LogP contribution < -0.4 is 10.1 Å². The highest BCUT2D eigenvalue weighted by Crippen LogP contribution is 2.37. The molecule has 0 fully saturated rings. The number of alkyl halides is 3. The molecule has 1 atom stereocenters. The van der Waals surface area contributed by atoms with Crippen molar-refractivity contribution >= 4 is 5.69 Å². The second-order valence-electron chi connectivity index (χ2n) is 4.72.